The summed E-state index contributed by atoms with van der Waals surface area (Å²) in [7, 11) is 2.06. The number of anilines is 1. The van der Waals surface area contributed by atoms with Gasteiger partial charge in [-0.05, 0) is 38.0 Å². The van der Waals surface area contributed by atoms with Crippen molar-refractivity contribution in [3.8, 4) is 0 Å². The largest absolute Gasteiger partial charge is 0.388 e. The Balaban J connectivity index is 1.91. The lowest BCUT2D eigenvalue weighted by Gasteiger charge is -2.21. The monoisotopic (exact) mass is 269 g/mol. The van der Waals surface area contributed by atoms with Crippen molar-refractivity contribution in [2.45, 2.75) is 26.4 Å². The van der Waals surface area contributed by atoms with Crippen molar-refractivity contribution in [3.63, 3.8) is 0 Å². The molecule has 2 aromatic carbocycles. The molecule has 0 radical (unpaired) electrons. The molecular weight excluding hydrogens is 246 g/mol. The molecule has 0 spiro atoms. The number of benzene rings is 2. The van der Waals surface area contributed by atoms with Gasteiger partial charge in [0.2, 0.25) is 0 Å². The fourth-order valence-corrected chi connectivity index (χ4v) is 2.20. The van der Waals surface area contributed by atoms with Gasteiger partial charge < -0.3 is 10.0 Å². The minimum Gasteiger partial charge on any atom is -0.388 e. The Morgan fingerprint density at radius 2 is 1.40 bits per heavy atom. The van der Waals surface area contributed by atoms with Gasteiger partial charge in [0.1, 0.15) is 0 Å². The zero-order chi connectivity index (χ0) is 14.5. The Bertz CT molecular complexity index is 479. The predicted octanol–water partition coefficient (Wildman–Crippen LogP) is 3.86. The van der Waals surface area contributed by atoms with Crippen LogP contribution in [0.15, 0.2) is 48.5 Å². The topological polar surface area (TPSA) is 23.5 Å². The number of hydrogen-bond donors (Lipinski definition) is 1. The van der Waals surface area contributed by atoms with Crippen LogP contribution < -0.4 is 4.90 Å². The van der Waals surface area contributed by atoms with Crippen molar-refractivity contribution < 1.29 is 5.11 Å². The molecule has 2 nitrogen and oxygen atoms in total. The van der Waals surface area contributed by atoms with Gasteiger partial charge in [0, 0.05) is 19.3 Å². The lowest BCUT2D eigenvalue weighted by atomic mass is 10.0. The summed E-state index contributed by atoms with van der Waals surface area (Å²) < 4.78 is 0. The van der Waals surface area contributed by atoms with Crippen molar-refractivity contribution in [1.82, 2.24) is 0 Å². The van der Waals surface area contributed by atoms with Gasteiger partial charge in [0.05, 0.1) is 6.10 Å². The first kappa shape index (κ1) is 14.6. The summed E-state index contributed by atoms with van der Waals surface area (Å²) in [5, 5.41) is 10.2. The molecule has 0 aliphatic carbocycles. The fraction of sp³-hybridized carbons (Fsp3) is 0.333. The van der Waals surface area contributed by atoms with Crippen LogP contribution in [0.4, 0.5) is 5.69 Å². The number of hydrogen-bond acceptors (Lipinski definition) is 2. The zero-order valence-electron chi connectivity index (χ0n) is 12.5. The van der Waals surface area contributed by atoms with E-state index in [9.17, 15) is 5.11 Å². The average molecular weight is 269 g/mol. The second-order valence-corrected chi connectivity index (χ2v) is 5.47. The van der Waals surface area contributed by atoms with Crippen LogP contribution in [0.1, 0.15) is 29.2 Å². The molecule has 106 valence electrons. The van der Waals surface area contributed by atoms with Gasteiger partial charge >= 0.3 is 0 Å². The molecule has 1 N–H and O–H groups in total. The summed E-state index contributed by atoms with van der Waals surface area (Å²) in [6.45, 7) is 4.98. The van der Waals surface area contributed by atoms with Crippen LogP contribution >= 0.6 is 0 Å². The molecule has 0 aromatic heterocycles. The van der Waals surface area contributed by atoms with Crippen LogP contribution in [0.2, 0.25) is 0 Å². The highest BCUT2D eigenvalue weighted by Gasteiger charge is 2.09. The third-order valence-corrected chi connectivity index (χ3v) is 3.67. The zero-order valence-corrected chi connectivity index (χ0v) is 12.5. The maximum absolute atomic E-state index is 10.2. The van der Waals surface area contributed by atoms with Gasteiger partial charge in [-0.25, -0.2) is 0 Å². The highest BCUT2D eigenvalue weighted by Crippen LogP contribution is 2.19. The summed E-state index contributed by atoms with van der Waals surface area (Å²) in [5.74, 6) is 0. The summed E-state index contributed by atoms with van der Waals surface area (Å²) in [6.07, 6.45) is 0.330. The maximum atomic E-state index is 10.2. The predicted molar refractivity (Wildman–Crippen MR) is 85.2 cm³/mol. The number of aliphatic hydroxyl groups is 1. The first-order valence-corrected chi connectivity index (χ1v) is 7.08. The van der Waals surface area contributed by atoms with Crippen LogP contribution in [0, 0.1) is 13.8 Å². The molecule has 2 aromatic rings. The number of aryl methyl sites for hydroxylation is 2. The molecule has 20 heavy (non-hydrogen) atoms. The van der Waals surface area contributed by atoms with E-state index < -0.39 is 6.10 Å². The van der Waals surface area contributed by atoms with Gasteiger partial charge in [-0.15, -0.1) is 0 Å². The van der Waals surface area contributed by atoms with E-state index in [4.69, 9.17) is 0 Å². The molecule has 0 amide bonds. The van der Waals surface area contributed by atoms with Crippen molar-refractivity contribution >= 4 is 5.69 Å². The Hall–Kier alpha value is -1.80. The van der Waals surface area contributed by atoms with E-state index in [1.54, 1.807) is 0 Å². The fourth-order valence-electron chi connectivity index (χ4n) is 2.20. The van der Waals surface area contributed by atoms with Crippen LogP contribution in [-0.2, 0) is 0 Å². The Labute approximate surface area is 121 Å². The number of nitrogens with zero attached hydrogens (tertiary/aromatic N) is 1. The summed E-state index contributed by atoms with van der Waals surface area (Å²) in [4.78, 5) is 2.18. The smallest absolute Gasteiger partial charge is 0.0806 e. The molecule has 0 aliphatic heterocycles. The minimum absolute atomic E-state index is 0.400. The SMILES string of the molecule is Cc1ccc(C(O)CCN(C)c2ccc(C)cc2)cc1. The van der Waals surface area contributed by atoms with Gasteiger partial charge in [-0.1, -0.05) is 47.5 Å². The van der Waals surface area contributed by atoms with Crippen molar-refractivity contribution in [3.05, 3.63) is 65.2 Å². The molecule has 0 fully saturated rings. The van der Waals surface area contributed by atoms with Crippen LogP contribution in [0.3, 0.4) is 0 Å². The first-order chi connectivity index (χ1) is 9.56. The van der Waals surface area contributed by atoms with E-state index in [1.807, 2.05) is 24.3 Å². The third kappa shape index (κ3) is 3.84. The molecule has 2 rings (SSSR count). The van der Waals surface area contributed by atoms with Crippen LogP contribution in [0.25, 0.3) is 0 Å². The van der Waals surface area contributed by atoms with E-state index in [-0.39, 0.29) is 0 Å². The van der Waals surface area contributed by atoms with E-state index in [0.717, 1.165) is 18.5 Å². The minimum atomic E-state index is -0.400. The maximum Gasteiger partial charge on any atom is 0.0806 e. The normalized spacial score (nSPS) is 12.2. The molecule has 1 atom stereocenters. The van der Waals surface area contributed by atoms with Gasteiger partial charge in [0.25, 0.3) is 0 Å². The molecule has 0 aliphatic rings. The highest BCUT2D eigenvalue weighted by atomic mass is 16.3. The molecule has 1 unspecified atom stereocenters. The van der Waals surface area contributed by atoms with Crippen LogP contribution in [0.5, 0.6) is 0 Å². The molecule has 0 bridgehead atoms. The lowest BCUT2D eigenvalue weighted by molar-refractivity contribution is 0.170. The lowest BCUT2D eigenvalue weighted by Crippen LogP contribution is -2.20. The Morgan fingerprint density at radius 3 is 1.95 bits per heavy atom. The molecule has 0 saturated carbocycles. The summed E-state index contributed by atoms with van der Waals surface area (Å²) in [5.41, 5.74) is 4.67. The van der Waals surface area contributed by atoms with E-state index in [0.29, 0.717) is 0 Å². The quantitative estimate of drug-likeness (QED) is 0.891. The van der Waals surface area contributed by atoms with Crippen LogP contribution in [-0.4, -0.2) is 18.7 Å². The Kier molecular flexibility index (Phi) is 4.80. The first-order valence-electron chi connectivity index (χ1n) is 7.08. The summed E-state index contributed by atoms with van der Waals surface area (Å²) in [6, 6.07) is 16.6. The Morgan fingerprint density at radius 1 is 0.900 bits per heavy atom. The molecule has 0 saturated heterocycles. The second kappa shape index (κ2) is 6.58. The van der Waals surface area contributed by atoms with Gasteiger partial charge in [-0.2, -0.15) is 0 Å². The van der Waals surface area contributed by atoms with Gasteiger partial charge in [0.15, 0.2) is 0 Å². The average Bonchev–Trinajstić information content (AvgIpc) is 2.46. The number of aliphatic hydroxyl groups excluding tert-OH is 1. The molecule has 2 heteroatoms. The number of rotatable bonds is 5. The molecular formula is C18H23NO. The standard InChI is InChI=1S/C18H23NO/c1-14-4-8-16(9-5-14)18(20)12-13-19(3)17-10-6-15(2)7-11-17/h4-11,18,20H,12-13H2,1-3H3. The van der Waals surface area contributed by atoms with E-state index in [1.165, 1.54) is 16.8 Å². The van der Waals surface area contributed by atoms with E-state index >= 15 is 0 Å². The van der Waals surface area contributed by atoms with E-state index in [2.05, 4.69) is 50.1 Å². The molecule has 0 heterocycles. The summed E-state index contributed by atoms with van der Waals surface area (Å²) >= 11 is 0. The highest BCUT2D eigenvalue weighted by molar-refractivity contribution is 5.46. The van der Waals surface area contributed by atoms with Crippen molar-refractivity contribution in [2.75, 3.05) is 18.5 Å². The van der Waals surface area contributed by atoms with Crippen molar-refractivity contribution in [2.24, 2.45) is 0 Å². The van der Waals surface area contributed by atoms with Gasteiger partial charge in [-0.3, -0.25) is 0 Å². The van der Waals surface area contributed by atoms with Crippen molar-refractivity contribution in [1.29, 1.82) is 0 Å². The second-order valence-electron chi connectivity index (χ2n) is 5.47. The third-order valence-electron chi connectivity index (χ3n) is 3.67.